The molecule has 28 heavy (non-hydrogen) atoms. The fraction of sp³-hybridized carbons (Fsp3) is 0.136. The van der Waals surface area contributed by atoms with Crippen molar-refractivity contribution in [3.05, 3.63) is 77.9 Å². The summed E-state index contributed by atoms with van der Waals surface area (Å²) in [5, 5.41) is 8.53. The van der Waals surface area contributed by atoms with Crippen molar-refractivity contribution in [1.29, 1.82) is 0 Å². The fourth-order valence-corrected chi connectivity index (χ4v) is 2.88. The van der Waals surface area contributed by atoms with Crippen LogP contribution in [0.15, 0.2) is 71.8 Å². The highest BCUT2D eigenvalue weighted by Gasteiger charge is 2.16. The van der Waals surface area contributed by atoms with Gasteiger partial charge in [-0.15, -0.1) is 0 Å². The van der Waals surface area contributed by atoms with Gasteiger partial charge in [0.15, 0.2) is 0 Å². The van der Waals surface area contributed by atoms with Gasteiger partial charge in [0.05, 0.1) is 19.4 Å². The van der Waals surface area contributed by atoms with Crippen LogP contribution in [-0.2, 0) is 9.59 Å². The third-order valence-electron chi connectivity index (χ3n) is 4.36. The monoisotopic (exact) mass is 375 g/mol. The van der Waals surface area contributed by atoms with Gasteiger partial charge in [-0.2, -0.15) is 5.10 Å². The number of rotatable bonds is 5. The Morgan fingerprint density at radius 2 is 1.68 bits per heavy atom. The number of nitrogens with zero attached hydrogens (tertiary/aromatic N) is 1. The Balaban J connectivity index is 1.68. The van der Waals surface area contributed by atoms with E-state index in [1.54, 1.807) is 7.11 Å². The third-order valence-corrected chi connectivity index (χ3v) is 4.36. The van der Waals surface area contributed by atoms with Crippen LogP contribution in [0, 0.1) is 0 Å². The average molecular weight is 375 g/mol. The van der Waals surface area contributed by atoms with Gasteiger partial charge in [0.2, 0.25) is 0 Å². The van der Waals surface area contributed by atoms with E-state index >= 15 is 0 Å². The molecule has 0 saturated carbocycles. The number of hydrazone groups is 1. The molecule has 0 radical (unpaired) electrons. The van der Waals surface area contributed by atoms with Crippen LogP contribution in [0.25, 0.3) is 10.8 Å². The lowest BCUT2D eigenvalue weighted by Crippen LogP contribution is -2.39. The minimum absolute atomic E-state index is 0.290. The largest absolute Gasteiger partial charge is 0.496 e. The number of fused-ring (bicyclic) bond motifs is 1. The van der Waals surface area contributed by atoms with E-state index in [4.69, 9.17) is 4.74 Å². The molecule has 0 bridgehead atoms. The molecule has 0 aliphatic rings. The van der Waals surface area contributed by atoms with E-state index in [-0.39, 0.29) is 6.04 Å². The number of carbonyl (C=O) groups is 2. The summed E-state index contributed by atoms with van der Waals surface area (Å²) < 4.78 is 5.38. The predicted octanol–water partition coefficient (Wildman–Crippen LogP) is 3.18. The summed E-state index contributed by atoms with van der Waals surface area (Å²) in [7, 11) is 1.57. The van der Waals surface area contributed by atoms with E-state index in [2.05, 4.69) is 15.8 Å². The molecule has 3 aromatic carbocycles. The zero-order valence-corrected chi connectivity index (χ0v) is 15.7. The highest BCUT2D eigenvalue weighted by atomic mass is 16.5. The maximum atomic E-state index is 12.1. The molecule has 3 aromatic rings. The van der Waals surface area contributed by atoms with Crippen LogP contribution < -0.4 is 15.5 Å². The van der Waals surface area contributed by atoms with Gasteiger partial charge < -0.3 is 10.1 Å². The standard InChI is InChI=1S/C22H21N3O3/c1-15(16-8-4-3-5-9-16)24-21(26)22(27)25-23-14-19-18-11-7-6-10-17(18)12-13-20(19)28-2/h3-15H,1-2H3,(H,24,26)(H,25,27)/b23-14-/t15-/m0/s1. The Morgan fingerprint density at radius 1 is 0.964 bits per heavy atom. The summed E-state index contributed by atoms with van der Waals surface area (Å²) in [6.45, 7) is 1.81. The predicted molar refractivity (Wildman–Crippen MR) is 109 cm³/mol. The molecule has 0 saturated heterocycles. The molecular weight excluding hydrogens is 354 g/mol. The van der Waals surface area contributed by atoms with Crippen molar-refractivity contribution in [2.75, 3.05) is 7.11 Å². The highest BCUT2D eigenvalue weighted by molar-refractivity contribution is 6.35. The molecule has 0 spiro atoms. The van der Waals surface area contributed by atoms with Gasteiger partial charge in [0, 0.05) is 5.56 Å². The summed E-state index contributed by atoms with van der Waals surface area (Å²) >= 11 is 0. The van der Waals surface area contributed by atoms with Crippen LogP contribution in [-0.4, -0.2) is 25.1 Å². The van der Waals surface area contributed by atoms with Crippen LogP contribution in [0.4, 0.5) is 0 Å². The molecule has 1 atom stereocenters. The van der Waals surface area contributed by atoms with Gasteiger partial charge in [0.1, 0.15) is 5.75 Å². The number of ether oxygens (including phenoxy) is 1. The van der Waals surface area contributed by atoms with Gasteiger partial charge in [-0.3, -0.25) is 9.59 Å². The molecule has 6 nitrogen and oxygen atoms in total. The maximum Gasteiger partial charge on any atom is 0.329 e. The molecule has 0 aliphatic carbocycles. The Kier molecular flexibility index (Phi) is 6.01. The molecule has 0 unspecified atom stereocenters. The van der Waals surface area contributed by atoms with Crippen molar-refractivity contribution in [2.45, 2.75) is 13.0 Å². The summed E-state index contributed by atoms with van der Waals surface area (Å²) in [6.07, 6.45) is 1.48. The second-order valence-electron chi connectivity index (χ2n) is 6.21. The smallest absolute Gasteiger partial charge is 0.329 e. The lowest BCUT2D eigenvalue weighted by Gasteiger charge is -2.13. The van der Waals surface area contributed by atoms with E-state index in [9.17, 15) is 9.59 Å². The molecule has 142 valence electrons. The van der Waals surface area contributed by atoms with Crippen LogP contribution in [0.1, 0.15) is 24.1 Å². The molecule has 0 aliphatic heterocycles. The van der Waals surface area contributed by atoms with Crippen molar-refractivity contribution in [2.24, 2.45) is 5.10 Å². The zero-order valence-electron chi connectivity index (χ0n) is 15.7. The van der Waals surface area contributed by atoms with Crippen LogP contribution in [0.2, 0.25) is 0 Å². The Labute approximate surface area is 163 Å². The van der Waals surface area contributed by atoms with E-state index in [0.717, 1.165) is 21.9 Å². The molecule has 2 amide bonds. The number of hydrogen-bond acceptors (Lipinski definition) is 4. The van der Waals surface area contributed by atoms with Crippen molar-refractivity contribution < 1.29 is 14.3 Å². The number of carbonyl (C=O) groups excluding carboxylic acids is 2. The lowest BCUT2D eigenvalue weighted by atomic mass is 10.0. The first-order valence-electron chi connectivity index (χ1n) is 8.84. The SMILES string of the molecule is COc1ccc2ccccc2c1/C=N\NC(=O)C(=O)N[C@@H](C)c1ccccc1. The van der Waals surface area contributed by atoms with Gasteiger partial charge in [0.25, 0.3) is 0 Å². The summed E-state index contributed by atoms with van der Waals surface area (Å²) in [5.74, 6) is -0.963. The van der Waals surface area contributed by atoms with E-state index < -0.39 is 11.8 Å². The molecule has 3 rings (SSSR count). The first-order chi connectivity index (χ1) is 13.6. The quantitative estimate of drug-likeness (QED) is 0.408. The second kappa shape index (κ2) is 8.81. The number of hydrogen-bond donors (Lipinski definition) is 2. The van der Waals surface area contributed by atoms with Crippen molar-refractivity contribution in [3.63, 3.8) is 0 Å². The summed E-state index contributed by atoms with van der Waals surface area (Å²) in [6, 6.07) is 20.7. The molecule has 0 fully saturated rings. The van der Waals surface area contributed by atoms with Crippen LogP contribution >= 0.6 is 0 Å². The van der Waals surface area contributed by atoms with Gasteiger partial charge in [-0.25, -0.2) is 5.43 Å². The van der Waals surface area contributed by atoms with E-state index in [1.807, 2.05) is 73.7 Å². The van der Waals surface area contributed by atoms with Crippen LogP contribution in [0.3, 0.4) is 0 Å². The van der Waals surface area contributed by atoms with Gasteiger partial charge in [-0.05, 0) is 29.3 Å². The molecule has 0 heterocycles. The van der Waals surface area contributed by atoms with Gasteiger partial charge in [-0.1, -0.05) is 60.7 Å². The Hall–Kier alpha value is -3.67. The normalized spacial score (nSPS) is 11.9. The van der Waals surface area contributed by atoms with E-state index in [0.29, 0.717) is 5.75 Å². The first kappa shape index (κ1) is 19.1. The Bertz CT molecular complexity index is 1020. The molecular formula is C22H21N3O3. The van der Waals surface area contributed by atoms with Crippen molar-refractivity contribution >= 4 is 28.8 Å². The van der Waals surface area contributed by atoms with Crippen LogP contribution in [0.5, 0.6) is 5.75 Å². The maximum absolute atomic E-state index is 12.1. The third kappa shape index (κ3) is 4.35. The second-order valence-corrected chi connectivity index (χ2v) is 6.21. The summed E-state index contributed by atoms with van der Waals surface area (Å²) in [5.41, 5.74) is 3.90. The minimum Gasteiger partial charge on any atom is -0.496 e. The van der Waals surface area contributed by atoms with Crippen molar-refractivity contribution in [1.82, 2.24) is 10.7 Å². The average Bonchev–Trinajstić information content (AvgIpc) is 2.74. The molecule has 0 aromatic heterocycles. The Morgan fingerprint density at radius 3 is 2.43 bits per heavy atom. The lowest BCUT2D eigenvalue weighted by molar-refractivity contribution is -0.139. The fourth-order valence-electron chi connectivity index (χ4n) is 2.88. The highest BCUT2D eigenvalue weighted by Crippen LogP contribution is 2.26. The first-order valence-corrected chi connectivity index (χ1v) is 8.84. The topological polar surface area (TPSA) is 79.8 Å². The summed E-state index contributed by atoms with van der Waals surface area (Å²) in [4.78, 5) is 24.1. The number of methoxy groups -OCH3 is 1. The number of benzene rings is 3. The number of amides is 2. The zero-order chi connectivity index (χ0) is 19.9. The molecule has 6 heteroatoms. The molecule has 2 N–H and O–H groups in total. The number of nitrogens with one attached hydrogen (secondary N) is 2. The van der Waals surface area contributed by atoms with E-state index in [1.165, 1.54) is 6.21 Å². The van der Waals surface area contributed by atoms with Gasteiger partial charge >= 0.3 is 11.8 Å². The minimum atomic E-state index is -0.835. The van der Waals surface area contributed by atoms with Crippen molar-refractivity contribution in [3.8, 4) is 5.75 Å².